The summed E-state index contributed by atoms with van der Waals surface area (Å²) in [5.74, 6) is 0. The van der Waals surface area contributed by atoms with E-state index in [4.69, 9.17) is 15.6 Å². The van der Waals surface area contributed by atoms with Crippen LogP contribution in [0.2, 0.25) is 0 Å². The number of nitrogens with zero attached hydrogens (tertiary/aromatic N) is 2. The predicted octanol–water partition coefficient (Wildman–Crippen LogP) is 1.53. The number of nitrogens with one attached hydrogen (secondary N) is 1. The van der Waals surface area contributed by atoms with E-state index in [0.29, 0.717) is 5.69 Å². The first-order chi connectivity index (χ1) is 7.06. The number of rotatable bonds is 3. The van der Waals surface area contributed by atoms with E-state index in [-0.39, 0.29) is 10.9 Å². The Bertz CT molecular complexity index is 377. The first-order valence-corrected chi connectivity index (χ1v) is 4.27. The number of aliphatic imine (C=N–C) groups is 1. The monoisotopic (exact) mass is 211 g/mol. The van der Waals surface area contributed by atoms with E-state index < -0.39 is 0 Å². The maximum absolute atomic E-state index is 8.98. The highest BCUT2D eigenvalue weighted by Crippen LogP contribution is 2.31. The zero-order valence-electron chi connectivity index (χ0n) is 8.47. The highest BCUT2D eigenvalue weighted by atomic mass is 16.8. The van der Waals surface area contributed by atoms with Crippen molar-refractivity contribution in [1.82, 2.24) is 5.48 Å². The summed E-state index contributed by atoms with van der Waals surface area (Å²) in [4.78, 5) is 3.84. The van der Waals surface area contributed by atoms with E-state index in [1.807, 2.05) is 13.0 Å². The normalized spacial score (nSPS) is 10.7. The van der Waals surface area contributed by atoms with Crippen molar-refractivity contribution >= 4 is 17.7 Å². The Morgan fingerprint density at radius 1 is 1.33 bits per heavy atom. The van der Waals surface area contributed by atoms with Crippen LogP contribution in [0.3, 0.4) is 0 Å². The van der Waals surface area contributed by atoms with E-state index in [1.54, 1.807) is 18.5 Å². The molecule has 15 heavy (non-hydrogen) atoms. The fourth-order valence-corrected chi connectivity index (χ4v) is 1.35. The molecule has 0 fully saturated rings. The molecule has 0 unspecified atom stereocenters. The van der Waals surface area contributed by atoms with Gasteiger partial charge in [-0.25, -0.2) is 4.99 Å². The second-order valence-electron chi connectivity index (χ2n) is 3.13. The first kappa shape index (κ1) is 11.4. The van der Waals surface area contributed by atoms with Crippen LogP contribution in [0.5, 0.6) is 0 Å². The van der Waals surface area contributed by atoms with Crippen LogP contribution in [-0.2, 0) is 0 Å². The van der Waals surface area contributed by atoms with Gasteiger partial charge in [-0.05, 0) is 31.0 Å². The van der Waals surface area contributed by atoms with Gasteiger partial charge in [-0.15, -0.1) is 5.23 Å². The third kappa shape index (κ3) is 2.66. The molecule has 0 amide bonds. The molecule has 0 spiro atoms. The molecule has 1 rings (SSSR count). The van der Waals surface area contributed by atoms with E-state index in [0.717, 1.165) is 17.5 Å². The van der Waals surface area contributed by atoms with Crippen molar-refractivity contribution in [2.75, 3.05) is 5.23 Å². The van der Waals surface area contributed by atoms with Gasteiger partial charge >= 0.3 is 0 Å². The molecule has 0 saturated heterocycles. The zero-order chi connectivity index (χ0) is 11.4. The molecule has 0 aliphatic rings. The summed E-state index contributed by atoms with van der Waals surface area (Å²) in [7, 11) is 0. The van der Waals surface area contributed by atoms with E-state index in [1.165, 1.54) is 0 Å². The van der Waals surface area contributed by atoms with Gasteiger partial charge in [-0.2, -0.15) is 0 Å². The van der Waals surface area contributed by atoms with Crippen molar-refractivity contribution in [3.8, 4) is 0 Å². The molecule has 0 radical (unpaired) electrons. The average Bonchev–Trinajstić information content (AvgIpc) is 2.15. The van der Waals surface area contributed by atoms with Gasteiger partial charge in [0, 0.05) is 0 Å². The molecular formula is C9H13N3O3. The highest BCUT2D eigenvalue weighted by Gasteiger charge is 2.10. The van der Waals surface area contributed by atoms with Crippen LogP contribution in [0.4, 0.5) is 11.4 Å². The SMILES string of the molecule is Cc1cc(C)c(N=CNO)c(N(O)O)c1. The average molecular weight is 211 g/mol. The summed E-state index contributed by atoms with van der Waals surface area (Å²) >= 11 is 0. The van der Waals surface area contributed by atoms with Crippen LogP contribution in [0.15, 0.2) is 17.1 Å². The van der Waals surface area contributed by atoms with Gasteiger partial charge in [0.15, 0.2) is 0 Å². The highest BCUT2D eigenvalue weighted by molar-refractivity contribution is 5.74. The third-order valence-corrected chi connectivity index (χ3v) is 1.89. The molecule has 6 heteroatoms. The van der Waals surface area contributed by atoms with Crippen LogP contribution < -0.4 is 10.7 Å². The first-order valence-electron chi connectivity index (χ1n) is 4.27. The molecule has 4 N–H and O–H groups in total. The Balaban J connectivity index is 3.27. The lowest BCUT2D eigenvalue weighted by Gasteiger charge is -2.13. The summed E-state index contributed by atoms with van der Waals surface area (Å²) in [6.07, 6.45) is 1.05. The zero-order valence-corrected chi connectivity index (χ0v) is 8.47. The number of aryl methyl sites for hydroxylation is 2. The lowest BCUT2D eigenvalue weighted by atomic mass is 10.1. The lowest BCUT2D eigenvalue weighted by Crippen LogP contribution is -2.12. The molecule has 0 atom stereocenters. The van der Waals surface area contributed by atoms with Gasteiger partial charge in [0.25, 0.3) is 0 Å². The minimum absolute atomic E-state index is 0.00402. The van der Waals surface area contributed by atoms with Crippen molar-refractivity contribution in [1.29, 1.82) is 0 Å². The summed E-state index contributed by atoms with van der Waals surface area (Å²) in [6.45, 7) is 3.61. The van der Waals surface area contributed by atoms with E-state index in [9.17, 15) is 0 Å². The Labute approximate surface area is 87.0 Å². The van der Waals surface area contributed by atoms with Crippen LogP contribution >= 0.6 is 0 Å². The van der Waals surface area contributed by atoms with Crippen molar-refractivity contribution in [3.63, 3.8) is 0 Å². The Hall–Kier alpha value is -1.63. The van der Waals surface area contributed by atoms with Crippen molar-refractivity contribution in [2.45, 2.75) is 13.8 Å². The predicted molar refractivity (Wildman–Crippen MR) is 55.0 cm³/mol. The number of hydroxylamine groups is 1. The minimum atomic E-state index is 0.00402. The molecule has 0 heterocycles. The summed E-state index contributed by atoms with van der Waals surface area (Å²) in [5.41, 5.74) is 3.92. The summed E-state index contributed by atoms with van der Waals surface area (Å²) in [5, 5.41) is 26.3. The fourth-order valence-electron chi connectivity index (χ4n) is 1.35. The quantitative estimate of drug-likeness (QED) is 0.346. The van der Waals surface area contributed by atoms with Crippen molar-refractivity contribution < 1.29 is 15.6 Å². The maximum atomic E-state index is 8.98. The molecule has 0 bridgehead atoms. The molecule has 0 aliphatic heterocycles. The molecule has 1 aromatic rings. The van der Waals surface area contributed by atoms with Crippen LogP contribution in [0.25, 0.3) is 0 Å². The van der Waals surface area contributed by atoms with Gasteiger partial charge in [0.1, 0.15) is 12.0 Å². The van der Waals surface area contributed by atoms with Gasteiger partial charge in [0.2, 0.25) is 0 Å². The molecule has 6 nitrogen and oxygen atoms in total. The van der Waals surface area contributed by atoms with Crippen LogP contribution in [-0.4, -0.2) is 22.0 Å². The third-order valence-electron chi connectivity index (χ3n) is 1.89. The Kier molecular flexibility index (Phi) is 3.62. The van der Waals surface area contributed by atoms with Gasteiger partial charge < -0.3 is 0 Å². The topological polar surface area (TPSA) is 88.3 Å². The molecule has 1 aromatic carbocycles. The summed E-state index contributed by atoms with van der Waals surface area (Å²) in [6, 6.07) is 3.41. The Morgan fingerprint density at radius 2 is 2.00 bits per heavy atom. The van der Waals surface area contributed by atoms with Crippen LogP contribution in [0, 0.1) is 13.8 Å². The number of hydrogen-bond acceptors (Lipinski definition) is 5. The molecule has 0 aromatic heterocycles. The largest absolute Gasteiger partial charge is 0.290 e. The molecule has 0 saturated carbocycles. The van der Waals surface area contributed by atoms with Crippen LogP contribution in [0.1, 0.15) is 11.1 Å². The summed E-state index contributed by atoms with van der Waals surface area (Å²) < 4.78 is 0. The van der Waals surface area contributed by atoms with Gasteiger partial charge in [0.05, 0.1) is 5.69 Å². The standard InChI is InChI=1S/C9H13N3O3/c1-6-3-7(2)9(10-5-11-13)8(4-6)12(14)15/h3-5,13-15H,1-2H3,(H,10,11). The van der Waals surface area contributed by atoms with Crippen molar-refractivity contribution in [2.24, 2.45) is 4.99 Å². The lowest BCUT2D eigenvalue weighted by molar-refractivity contribution is 0.0294. The van der Waals surface area contributed by atoms with E-state index in [2.05, 4.69) is 4.99 Å². The minimum Gasteiger partial charge on any atom is -0.290 e. The number of anilines is 1. The van der Waals surface area contributed by atoms with Gasteiger partial charge in [-0.3, -0.25) is 21.1 Å². The Morgan fingerprint density at radius 3 is 2.53 bits per heavy atom. The van der Waals surface area contributed by atoms with E-state index >= 15 is 0 Å². The maximum Gasteiger partial charge on any atom is 0.120 e. The van der Waals surface area contributed by atoms with Gasteiger partial charge in [-0.1, -0.05) is 6.07 Å². The fraction of sp³-hybridized carbons (Fsp3) is 0.222. The smallest absolute Gasteiger partial charge is 0.120 e. The molecule has 0 aliphatic carbocycles. The molecular weight excluding hydrogens is 198 g/mol. The second-order valence-corrected chi connectivity index (χ2v) is 3.13. The number of benzene rings is 1. The molecule has 82 valence electrons. The number of hydrogen-bond donors (Lipinski definition) is 4. The van der Waals surface area contributed by atoms with Crippen molar-refractivity contribution in [3.05, 3.63) is 23.3 Å². The second kappa shape index (κ2) is 4.74.